The Morgan fingerprint density at radius 1 is 1.52 bits per heavy atom. The Hall–Kier alpha value is -1.26. The van der Waals surface area contributed by atoms with Gasteiger partial charge in [0.2, 0.25) is 0 Å². The van der Waals surface area contributed by atoms with E-state index in [1.165, 1.54) is 0 Å². The summed E-state index contributed by atoms with van der Waals surface area (Å²) in [6.07, 6.45) is 2.26. The van der Waals surface area contributed by atoms with Gasteiger partial charge in [-0.2, -0.15) is 0 Å². The molecule has 0 amide bonds. The van der Waals surface area contributed by atoms with Crippen LogP contribution in [0.3, 0.4) is 0 Å². The zero-order valence-electron chi connectivity index (χ0n) is 12.5. The molecule has 1 aromatic heterocycles. The van der Waals surface area contributed by atoms with E-state index in [0.29, 0.717) is 5.92 Å². The fourth-order valence-corrected chi connectivity index (χ4v) is 3.08. The molecule has 0 radical (unpaired) electrons. The Labute approximate surface area is 130 Å². The van der Waals surface area contributed by atoms with E-state index in [1.807, 2.05) is 19.1 Å². The number of hydrogen-bond donors (Lipinski definition) is 0. The third-order valence-electron chi connectivity index (χ3n) is 4.13. The van der Waals surface area contributed by atoms with Crippen molar-refractivity contribution < 1.29 is 9.47 Å². The number of aromatic nitrogens is 2. The van der Waals surface area contributed by atoms with E-state index < -0.39 is 0 Å². The van der Waals surface area contributed by atoms with Crippen LogP contribution >= 0.6 is 11.6 Å². The highest BCUT2D eigenvalue weighted by Crippen LogP contribution is 2.28. The molecule has 114 valence electrons. The van der Waals surface area contributed by atoms with Gasteiger partial charge in [-0.05, 0) is 37.8 Å². The van der Waals surface area contributed by atoms with Crippen molar-refractivity contribution in [1.82, 2.24) is 9.55 Å². The van der Waals surface area contributed by atoms with Crippen molar-refractivity contribution in [2.45, 2.75) is 31.7 Å². The van der Waals surface area contributed by atoms with E-state index in [4.69, 9.17) is 21.1 Å². The van der Waals surface area contributed by atoms with E-state index in [9.17, 15) is 0 Å². The van der Waals surface area contributed by atoms with Gasteiger partial charge in [0.15, 0.2) is 0 Å². The third-order valence-corrected chi connectivity index (χ3v) is 4.32. The monoisotopic (exact) mass is 308 g/mol. The molecule has 0 bridgehead atoms. The maximum absolute atomic E-state index is 6.31. The fourth-order valence-electron chi connectivity index (χ4n) is 2.92. The molecule has 4 nitrogen and oxygen atoms in total. The Kier molecular flexibility index (Phi) is 4.36. The maximum atomic E-state index is 6.31. The molecule has 2 atom stereocenters. The number of rotatable bonds is 5. The van der Waals surface area contributed by atoms with Gasteiger partial charge in [-0.3, -0.25) is 0 Å². The highest BCUT2D eigenvalue weighted by atomic mass is 35.5. The van der Waals surface area contributed by atoms with Crippen LogP contribution in [0.1, 0.15) is 31.0 Å². The number of benzene rings is 1. The summed E-state index contributed by atoms with van der Waals surface area (Å²) >= 11 is 6.31. The smallest absolute Gasteiger partial charge is 0.127 e. The fraction of sp³-hybridized carbons (Fsp3) is 0.562. The molecule has 1 aliphatic rings. The van der Waals surface area contributed by atoms with Crippen molar-refractivity contribution in [3.05, 3.63) is 24.0 Å². The quantitative estimate of drug-likeness (QED) is 0.789. The lowest BCUT2D eigenvalue weighted by Crippen LogP contribution is -2.09. The minimum absolute atomic E-state index is 0.108. The van der Waals surface area contributed by atoms with Crippen molar-refractivity contribution in [3.63, 3.8) is 0 Å². The van der Waals surface area contributed by atoms with Gasteiger partial charge in [0.05, 0.1) is 23.5 Å². The standard InChI is InChI=1S/C16H21ClN2O2/c1-11(17)16-18-14-9-13(20-2)3-4-15(14)19(16)7-5-12-6-8-21-10-12/h3-4,9,11-12H,5-8,10H2,1-2H3. The molecule has 1 aromatic carbocycles. The summed E-state index contributed by atoms with van der Waals surface area (Å²) in [6, 6.07) is 6.00. The second kappa shape index (κ2) is 6.24. The zero-order valence-corrected chi connectivity index (χ0v) is 13.3. The number of aryl methyl sites for hydroxylation is 1. The number of alkyl halides is 1. The van der Waals surface area contributed by atoms with Crippen LogP contribution in [0.25, 0.3) is 11.0 Å². The molecule has 1 saturated heterocycles. The highest BCUT2D eigenvalue weighted by Gasteiger charge is 2.19. The normalized spacial score (nSPS) is 20.0. The van der Waals surface area contributed by atoms with Gasteiger partial charge in [0, 0.05) is 25.8 Å². The molecular formula is C16H21ClN2O2. The Morgan fingerprint density at radius 3 is 3.05 bits per heavy atom. The van der Waals surface area contributed by atoms with E-state index in [-0.39, 0.29) is 5.38 Å². The maximum Gasteiger partial charge on any atom is 0.127 e. The second-order valence-electron chi connectivity index (χ2n) is 5.61. The van der Waals surface area contributed by atoms with Crippen molar-refractivity contribution in [1.29, 1.82) is 0 Å². The summed E-state index contributed by atoms with van der Waals surface area (Å²) in [6.45, 7) is 4.68. The van der Waals surface area contributed by atoms with Gasteiger partial charge in [-0.1, -0.05) is 0 Å². The lowest BCUT2D eigenvalue weighted by molar-refractivity contribution is 0.183. The zero-order chi connectivity index (χ0) is 14.8. The van der Waals surface area contributed by atoms with E-state index >= 15 is 0 Å². The summed E-state index contributed by atoms with van der Waals surface area (Å²) in [5.74, 6) is 2.41. The number of methoxy groups -OCH3 is 1. The van der Waals surface area contributed by atoms with Crippen LogP contribution in [0, 0.1) is 5.92 Å². The number of fused-ring (bicyclic) bond motifs is 1. The summed E-state index contributed by atoms with van der Waals surface area (Å²) < 4.78 is 13.0. The number of halogens is 1. The highest BCUT2D eigenvalue weighted by molar-refractivity contribution is 6.20. The largest absolute Gasteiger partial charge is 0.497 e. The molecular weight excluding hydrogens is 288 g/mol. The number of nitrogens with zero attached hydrogens (tertiary/aromatic N) is 2. The van der Waals surface area contributed by atoms with Crippen LogP contribution in [0.4, 0.5) is 0 Å². The first-order valence-corrected chi connectivity index (χ1v) is 7.88. The van der Waals surface area contributed by atoms with Crippen LogP contribution in [-0.4, -0.2) is 29.9 Å². The molecule has 3 rings (SSSR count). The Morgan fingerprint density at radius 2 is 2.38 bits per heavy atom. The topological polar surface area (TPSA) is 36.3 Å². The molecule has 2 aromatic rings. The van der Waals surface area contributed by atoms with E-state index in [1.54, 1.807) is 7.11 Å². The number of ether oxygens (including phenoxy) is 2. The summed E-state index contributed by atoms with van der Waals surface area (Å²) in [7, 11) is 1.67. The van der Waals surface area contributed by atoms with Gasteiger partial charge >= 0.3 is 0 Å². The third kappa shape index (κ3) is 3.01. The first-order valence-electron chi connectivity index (χ1n) is 7.45. The average Bonchev–Trinajstić information content (AvgIpc) is 3.11. The summed E-state index contributed by atoms with van der Waals surface area (Å²) in [5.41, 5.74) is 2.07. The summed E-state index contributed by atoms with van der Waals surface area (Å²) in [5, 5.41) is -0.108. The molecule has 0 N–H and O–H groups in total. The lowest BCUT2D eigenvalue weighted by atomic mass is 10.1. The molecule has 21 heavy (non-hydrogen) atoms. The Bertz CT molecular complexity index is 618. The first-order chi connectivity index (χ1) is 10.2. The second-order valence-corrected chi connectivity index (χ2v) is 6.27. The minimum atomic E-state index is -0.108. The van der Waals surface area contributed by atoms with Crippen molar-refractivity contribution in [3.8, 4) is 5.75 Å². The van der Waals surface area contributed by atoms with Crippen LogP contribution in [-0.2, 0) is 11.3 Å². The summed E-state index contributed by atoms with van der Waals surface area (Å²) in [4.78, 5) is 4.69. The molecule has 0 spiro atoms. The van der Waals surface area contributed by atoms with Crippen LogP contribution in [0.15, 0.2) is 18.2 Å². The lowest BCUT2D eigenvalue weighted by Gasteiger charge is -2.13. The molecule has 2 unspecified atom stereocenters. The van der Waals surface area contributed by atoms with Crippen molar-refractivity contribution in [2.75, 3.05) is 20.3 Å². The van der Waals surface area contributed by atoms with Crippen molar-refractivity contribution in [2.24, 2.45) is 5.92 Å². The average molecular weight is 309 g/mol. The number of imidazole rings is 1. The van der Waals surface area contributed by atoms with Gasteiger partial charge < -0.3 is 14.0 Å². The first kappa shape index (κ1) is 14.7. The van der Waals surface area contributed by atoms with E-state index in [0.717, 1.165) is 55.2 Å². The van der Waals surface area contributed by atoms with Crippen LogP contribution in [0.5, 0.6) is 5.75 Å². The van der Waals surface area contributed by atoms with Gasteiger partial charge in [-0.15, -0.1) is 11.6 Å². The van der Waals surface area contributed by atoms with Gasteiger partial charge in [-0.25, -0.2) is 4.98 Å². The Balaban J connectivity index is 1.91. The van der Waals surface area contributed by atoms with Gasteiger partial charge in [0.1, 0.15) is 11.6 Å². The van der Waals surface area contributed by atoms with Crippen molar-refractivity contribution >= 4 is 22.6 Å². The van der Waals surface area contributed by atoms with Crippen LogP contribution in [0.2, 0.25) is 0 Å². The molecule has 1 fully saturated rings. The molecule has 1 aliphatic heterocycles. The minimum Gasteiger partial charge on any atom is -0.497 e. The number of hydrogen-bond acceptors (Lipinski definition) is 3. The predicted octanol–water partition coefficient (Wildman–Crippen LogP) is 3.77. The van der Waals surface area contributed by atoms with Crippen LogP contribution < -0.4 is 4.74 Å². The predicted molar refractivity (Wildman–Crippen MR) is 84.1 cm³/mol. The SMILES string of the molecule is COc1ccc2c(c1)nc(C(C)Cl)n2CCC1CCOC1. The van der Waals surface area contributed by atoms with Gasteiger partial charge in [0.25, 0.3) is 0 Å². The van der Waals surface area contributed by atoms with E-state index in [2.05, 4.69) is 15.6 Å². The molecule has 0 aliphatic carbocycles. The molecule has 2 heterocycles. The molecule has 5 heteroatoms. The molecule has 0 saturated carbocycles.